The summed E-state index contributed by atoms with van der Waals surface area (Å²) in [6.07, 6.45) is 5.54. The van der Waals surface area contributed by atoms with Crippen molar-refractivity contribution in [3.63, 3.8) is 0 Å². The van der Waals surface area contributed by atoms with Gasteiger partial charge in [0.05, 0.1) is 0 Å². The fourth-order valence-corrected chi connectivity index (χ4v) is 4.12. The first kappa shape index (κ1) is 16.7. The van der Waals surface area contributed by atoms with Gasteiger partial charge in [0.25, 0.3) is 0 Å². The van der Waals surface area contributed by atoms with Crippen molar-refractivity contribution in [3.05, 3.63) is 0 Å². The summed E-state index contributed by atoms with van der Waals surface area (Å²) in [5, 5.41) is 3.04. The Morgan fingerprint density at radius 3 is 2.43 bits per heavy atom. The van der Waals surface area contributed by atoms with Gasteiger partial charge in [-0.1, -0.05) is 33.1 Å². The SMILES string of the molecule is CCSCCN1C(=O)C(C)(CC)NC(=O)C12CCCCC2. The van der Waals surface area contributed by atoms with Crippen LogP contribution in [0.2, 0.25) is 0 Å². The van der Waals surface area contributed by atoms with Crippen LogP contribution < -0.4 is 5.32 Å². The molecule has 1 atom stereocenters. The third-order valence-corrected chi connectivity index (χ3v) is 5.98. The molecule has 21 heavy (non-hydrogen) atoms. The van der Waals surface area contributed by atoms with Crippen LogP contribution >= 0.6 is 11.8 Å². The molecule has 1 spiro atoms. The number of piperazine rings is 1. The van der Waals surface area contributed by atoms with Crippen molar-refractivity contribution in [2.24, 2.45) is 0 Å². The number of hydrogen-bond donors (Lipinski definition) is 1. The van der Waals surface area contributed by atoms with E-state index in [9.17, 15) is 9.59 Å². The topological polar surface area (TPSA) is 49.4 Å². The van der Waals surface area contributed by atoms with E-state index in [1.807, 2.05) is 30.5 Å². The third kappa shape index (κ3) is 2.94. The molecule has 4 nitrogen and oxygen atoms in total. The second-order valence-electron chi connectivity index (χ2n) is 6.39. The predicted octanol–water partition coefficient (Wildman–Crippen LogP) is 2.57. The van der Waals surface area contributed by atoms with Crippen molar-refractivity contribution < 1.29 is 9.59 Å². The van der Waals surface area contributed by atoms with Gasteiger partial charge in [-0.15, -0.1) is 0 Å². The summed E-state index contributed by atoms with van der Waals surface area (Å²) >= 11 is 1.83. The minimum absolute atomic E-state index is 0.0765. The number of amides is 2. The van der Waals surface area contributed by atoms with Crippen LogP contribution in [0.25, 0.3) is 0 Å². The molecular formula is C16H28N2O2S. The fourth-order valence-electron chi connectivity index (χ4n) is 3.52. The highest BCUT2D eigenvalue weighted by Gasteiger charge is 2.55. The summed E-state index contributed by atoms with van der Waals surface area (Å²) in [6, 6.07) is 0. The number of nitrogens with zero attached hydrogens (tertiary/aromatic N) is 1. The van der Waals surface area contributed by atoms with E-state index in [4.69, 9.17) is 0 Å². The van der Waals surface area contributed by atoms with Crippen molar-refractivity contribution in [2.45, 2.75) is 70.4 Å². The minimum Gasteiger partial charge on any atom is -0.340 e. The van der Waals surface area contributed by atoms with Crippen LogP contribution in [0, 0.1) is 0 Å². The molecular weight excluding hydrogens is 284 g/mol. The molecule has 1 unspecified atom stereocenters. The lowest BCUT2D eigenvalue weighted by atomic mass is 9.75. The Morgan fingerprint density at radius 2 is 1.86 bits per heavy atom. The van der Waals surface area contributed by atoms with Gasteiger partial charge in [-0.25, -0.2) is 0 Å². The van der Waals surface area contributed by atoms with Gasteiger partial charge in [0, 0.05) is 12.3 Å². The number of rotatable bonds is 5. The second-order valence-corrected chi connectivity index (χ2v) is 7.78. The van der Waals surface area contributed by atoms with Gasteiger partial charge in [0.15, 0.2) is 0 Å². The number of nitrogens with one attached hydrogen (secondary N) is 1. The highest BCUT2D eigenvalue weighted by atomic mass is 32.2. The van der Waals surface area contributed by atoms with Gasteiger partial charge in [-0.05, 0) is 31.9 Å². The smallest absolute Gasteiger partial charge is 0.248 e. The van der Waals surface area contributed by atoms with Crippen LogP contribution in [0.4, 0.5) is 0 Å². The average molecular weight is 312 g/mol. The Morgan fingerprint density at radius 1 is 1.19 bits per heavy atom. The Bertz CT molecular complexity index is 407. The first-order chi connectivity index (χ1) is 10.00. The lowest BCUT2D eigenvalue weighted by molar-refractivity contribution is -0.164. The molecule has 1 saturated heterocycles. The average Bonchev–Trinajstić information content (AvgIpc) is 2.50. The zero-order valence-corrected chi connectivity index (χ0v) is 14.4. The van der Waals surface area contributed by atoms with Crippen LogP contribution in [0.3, 0.4) is 0 Å². The molecule has 1 aliphatic carbocycles. The number of hydrogen-bond acceptors (Lipinski definition) is 3. The van der Waals surface area contributed by atoms with Crippen LogP contribution in [0.1, 0.15) is 59.3 Å². The summed E-state index contributed by atoms with van der Waals surface area (Å²) < 4.78 is 0. The molecule has 1 N–H and O–H groups in total. The molecule has 2 fully saturated rings. The Labute approximate surface area is 132 Å². The van der Waals surface area contributed by atoms with E-state index < -0.39 is 11.1 Å². The van der Waals surface area contributed by atoms with Crippen LogP contribution in [0.15, 0.2) is 0 Å². The van der Waals surface area contributed by atoms with Gasteiger partial charge in [-0.2, -0.15) is 11.8 Å². The molecule has 1 aliphatic heterocycles. The number of carbonyl (C=O) groups excluding carboxylic acids is 2. The van der Waals surface area contributed by atoms with E-state index in [1.165, 1.54) is 6.42 Å². The molecule has 2 rings (SSSR count). The van der Waals surface area contributed by atoms with Crippen molar-refractivity contribution in [3.8, 4) is 0 Å². The maximum atomic E-state index is 13.0. The summed E-state index contributed by atoms with van der Waals surface area (Å²) in [7, 11) is 0. The van der Waals surface area contributed by atoms with E-state index >= 15 is 0 Å². The first-order valence-electron chi connectivity index (χ1n) is 8.22. The zero-order chi connectivity index (χ0) is 15.5. The lowest BCUT2D eigenvalue weighted by Gasteiger charge is -2.53. The van der Waals surface area contributed by atoms with Crippen molar-refractivity contribution in [2.75, 3.05) is 18.1 Å². The molecule has 0 radical (unpaired) electrons. The Hall–Kier alpha value is -0.710. The minimum atomic E-state index is -0.726. The highest BCUT2D eigenvalue weighted by molar-refractivity contribution is 7.99. The van der Waals surface area contributed by atoms with Crippen molar-refractivity contribution >= 4 is 23.6 Å². The summed E-state index contributed by atoms with van der Waals surface area (Å²) in [4.78, 5) is 27.7. The van der Waals surface area contributed by atoms with E-state index in [-0.39, 0.29) is 11.8 Å². The fraction of sp³-hybridized carbons (Fsp3) is 0.875. The molecule has 0 aromatic carbocycles. The first-order valence-corrected chi connectivity index (χ1v) is 9.38. The standard InChI is InChI=1S/C16H28N2O2S/c1-4-15(3)14(20)18(11-12-21-5-2)16(13(19)17-15)9-7-6-8-10-16/h4-12H2,1-3H3,(H,17,19). The van der Waals surface area contributed by atoms with Crippen LogP contribution in [0.5, 0.6) is 0 Å². The number of carbonyl (C=O) groups is 2. The van der Waals surface area contributed by atoms with Gasteiger partial charge < -0.3 is 10.2 Å². The Kier molecular flexibility index (Phi) is 5.23. The second kappa shape index (κ2) is 6.59. The molecule has 2 aliphatic rings. The van der Waals surface area contributed by atoms with Crippen molar-refractivity contribution in [1.82, 2.24) is 10.2 Å². The van der Waals surface area contributed by atoms with Gasteiger partial charge in [0.2, 0.25) is 11.8 Å². The quantitative estimate of drug-likeness (QED) is 0.794. The number of thioether (sulfide) groups is 1. The van der Waals surface area contributed by atoms with E-state index in [1.54, 1.807) is 0 Å². The van der Waals surface area contributed by atoms with Crippen LogP contribution in [-0.2, 0) is 9.59 Å². The summed E-state index contributed by atoms with van der Waals surface area (Å²) in [5.74, 6) is 2.15. The third-order valence-electron chi connectivity index (χ3n) is 5.10. The van der Waals surface area contributed by atoms with Crippen LogP contribution in [-0.4, -0.2) is 45.8 Å². The maximum Gasteiger partial charge on any atom is 0.248 e. The molecule has 0 aromatic rings. The summed E-state index contributed by atoms with van der Waals surface area (Å²) in [6.45, 7) is 6.65. The molecule has 0 aromatic heterocycles. The molecule has 2 amide bonds. The maximum absolute atomic E-state index is 13.0. The molecule has 5 heteroatoms. The lowest BCUT2D eigenvalue weighted by Crippen LogP contribution is -2.75. The normalized spacial score (nSPS) is 28.8. The molecule has 0 bridgehead atoms. The summed E-state index contributed by atoms with van der Waals surface area (Å²) in [5.41, 5.74) is -1.30. The molecule has 1 heterocycles. The van der Waals surface area contributed by atoms with E-state index in [0.29, 0.717) is 13.0 Å². The Balaban J connectivity index is 2.28. The van der Waals surface area contributed by atoms with Gasteiger partial charge in [0.1, 0.15) is 11.1 Å². The van der Waals surface area contributed by atoms with Gasteiger partial charge >= 0.3 is 0 Å². The van der Waals surface area contributed by atoms with E-state index in [2.05, 4.69) is 12.2 Å². The van der Waals surface area contributed by atoms with Crippen molar-refractivity contribution in [1.29, 1.82) is 0 Å². The van der Waals surface area contributed by atoms with E-state index in [0.717, 1.165) is 37.2 Å². The molecule has 1 saturated carbocycles. The zero-order valence-electron chi connectivity index (χ0n) is 13.5. The highest BCUT2D eigenvalue weighted by Crippen LogP contribution is 2.39. The predicted molar refractivity (Wildman–Crippen MR) is 87.4 cm³/mol. The largest absolute Gasteiger partial charge is 0.340 e. The monoisotopic (exact) mass is 312 g/mol. The van der Waals surface area contributed by atoms with Gasteiger partial charge in [-0.3, -0.25) is 9.59 Å². The molecule has 120 valence electrons.